The molecule has 138 valence electrons. The topological polar surface area (TPSA) is 59.9 Å². The maximum atomic E-state index is 11.9. The molecule has 5 nitrogen and oxygen atoms in total. The molecule has 1 N–H and O–H groups in total. The zero-order chi connectivity index (χ0) is 18.6. The van der Waals surface area contributed by atoms with Gasteiger partial charge in [-0.25, -0.2) is 5.43 Å². The summed E-state index contributed by atoms with van der Waals surface area (Å²) >= 11 is 1.47. The van der Waals surface area contributed by atoms with E-state index >= 15 is 0 Å². The molecule has 6 heteroatoms. The number of ether oxygens (including phenoxy) is 2. The van der Waals surface area contributed by atoms with Crippen LogP contribution in [-0.4, -0.2) is 31.1 Å². The third-order valence-corrected chi connectivity index (χ3v) is 4.26. The van der Waals surface area contributed by atoms with Gasteiger partial charge in [0.15, 0.2) is 11.5 Å². The van der Waals surface area contributed by atoms with Crippen molar-refractivity contribution in [2.24, 2.45) is 5.10 Å². The minimum absolute atomic E-state index is 0.150. The largest absolute Gasteiger partial charge is 0.490 e. The maximum absolute atomic E-state index is 11.9. The standard InChI is InChI=1S/C20H24N2O3S/c1-3-12-25-18-11-10-16(13-19(18)24-4-2)14-21-22-20(23)15-26-17-8-6-5-7-9-17/h5-11,13-14H,3-4,12,15H2,1-2H3,(H,22,23)/b21-14-. The Labute approximate surface area is 158 Å². The van der Waals surface area contributed by atoms with Crippen LogP contribution in [0.15, 0.2) is 58.5 Å². The second-order valence-electron chi connectivity index (χ2n) is 5.38. The lowest BCUT2D eigenvalue weighted by atomic mass is 10.2. The molecule has 26 heavy (non-hydrogen) atoms. The van der Waals surface area contributed by atoms with Gasteiger partial charge in [0, 0.05) is 4.90 Å². The van der Waals surface area contributed by atoms with Gasteiger partial charge < -0.3 is 9.47 Å². The highest BCUT2D eigenvalue weighted by Gasteiger charge is 2.06. The second-order valence-corrected chi connectivity index (χ2v) is 6.43. The molecule has 0 unspecified atom stereocenters. The Bertz CT molecular complexity index is 720. The van der Waals surface area contributed by atoms with Gasteiger partial charge in [-0.15, -0.1) is 11.8 Å². The van der Waals surface area contributed by atoms with Crippen molar-refractivity contribution in [1.82, 2.24) is 5.43 Å². The molecule has 0 radical (unpaired) electrons. The summed E-state index contributed by atoms with van der Waals surface area (Å²) in [4.78, 5) is 12.9. The van der Waals surface area contributed by atoms with Crippen molar-refractivity contribution in [2.45, 2.75) is 25.2 Å². The van der Waals surface area contributed by atoms with Crippen LogP contribution in [0.3, 0.4) is 0 Å². The van der Waals surface area contributed by atoms with Gasteiger partial charge in [-0.2, -0.15) is 5.10 Å². The minimum atomic E-state index is -0.150. The summed E-state index contributed by atoms with van der Waals surface area (Å²) in [5.74, 6) is 1.56. The minimum Gasteiger partial charge on any atom is -0.490 e. The van der Waals surface area contributed by atoms with Crippen molar-refractivity contribution in [3.8, 4) is 11.5 Å². The van der Waals surface area contributed by atoms with Crippen molar-refractivity contribution < 1.29 is 14.3 Å². The van der Waals surface area contributed by atoms with Gasteiger partial charge in [-0.05, 0) is 49.2 Å². The average molecular weight is 372 g/mol. The van der Waals surface area contributed by atoms with E-state index in [4.69, 9.17) is 9.47 Å². The van der Waals surface area contributed by atoms with E-state index in [-0.39, 0.29) is 5.91 Å². The van der Waals surface area contributed by atoms with Gasteiger partial charge in [0.1, 0.15) is 0 Å². The Morgan fingerprint density at radius 2 is 1.92 bits per heavy atom. The van der Waals surface area contributed by atoms with Gasteiger partial charge in [0.25, 0.3) is 0 Å². The zero-order valence-corrected chi connectivity index (χ0v) is 15.9. The van der Waals surface area contributed by atoms with Crippen LogP contribution in [-0.2, 0) is 4.79 Å². The van der Waals surface area contributed by atoms with Gasteiger partial charge in [0.2, 0.25) is 5.91 Å². The molecule has 0 spiro atoms. The number of hydrazone groups is 1. The number of benzene rings is 2. The van der Waals surface area contributed by atoms with Crippen LogP contribution in [0.2, 0.25) is 0 Å². The summed E-state index contributed by atoms with van der Waals surface area (Å²) in [6.07, 6.45) is 2.53. The van der Waals surface area contributed by atoms with E-state index in [0.717, 1.165) is 16.9 Å². The van der Waals surface area contributed by atoms with Crippen LogP contribution < -0.4 is 14.9 Å². The highest BCUT2D eigenvalue weighted by atomic mass is 32.2. The zero-order valence-electron chi connectivity index (χ0n) is 15.1. The summed E-state index contributed by atoms with van der Waals surface area (Å²) in [7, 11) is 0. The van der Waals surface area contributed by atoms with Gasteiger partial charge >= 0.3 is 0 Å². The van der Waals surface area contributed by atoms with Crippen molar-refractivity contribution in [3.05, 3.63) is 54.1 Å². The fraction of sp³-hybridized carbons (Fsp3) is 0.300. The Hall–Kier alpha value is -2.47. The first-order valence-corrected chi connectivity index (χ1v) is 9.61. The highest BCUT2D eigenvalue weighted by Crippen LogP contribution is 2.28. The average Bonchev–Trinajstić information content (AvgIpc) is 2.67. The van der Waals surface area contributed by atoms with Crippen LogP contribution in [0.25, 0.3) is 0 Å². The molecule has 2 aromatic carbocycles. The Morgan fingerprint density at radius 3 is 2.65 bits per heavy atom. The fourth-order valence-electron chi connectivity index (χ4n) is 2.08. The number of hydrogen-bond acceptors (Lipinski definition) is 5. The third kappa shape index (κ3) is 6.80. The lowest BCUT2D eigenvalue weighted by molar-refractivity contribution is -0.118. The summed E-state index contributed by atoms with van der Waals surface area (Å²) in [6, 6.07) is 15.4. The smallest absolute Gasteiger partial charge is 0.250 e. The van der Waals surface area contributed by atoms with E-state index < -0.39 is 0 Å². The first-order chi connectivity index (χ1) is 12.7. The number of hydrogen-bond donors (Lipinski definition) is 1. The molecule has 0 fully saturated rings. The number of carbonyl (C=O) groups excluding carboxylic acids is 1. The molecule has 0 atom stereocenters. The Morgan fingerprint density at radius 1 is 1.12 bits per heavy atom. The third-order valence-electron chi connectivity index (χ3n) is 3.25. The van der Waals surface area contributed by atoms with Crippen LogP contribution in [0.5, 0.6) is 11.5 Å². The lowest BCUT2D eigenvalue weighted by Gasteiger charge is -2.11. The Balaban J connectivity index is 1.88. The number of nitrogens with zero attached hydrogens (tertiary/aromatic N) is 1. The van der Waals surface area contributed by atoms with Crippen molar-refractivity contribution in [1.29, 1.82) is 0 Å². The van der Waals surface area contributed by atoms with E-state index in [9.17, 15) is 4.79 Å². The van der Waals surface area contributed by atoms with Gasteiger partial charge in [-0.3, -0.25) is 4.79 Å². The van der Waals surface area contributed by atoms with E-state index in [2.05, 4.69) is 17.5 Å². The normalized spacial score (nSPS) is 10.7. The van der Waals surface area contributed by atoms with Crippen molar-refractivity contribution in [2.75, 3.05) is 19.0 Å². The van der Waals surface area contributed by atoms with Crippen LogP contribution in [0, 0.1) is 0 Å². The molecule has 0 saturated heterocycles. The van der Waals surface area contributed by atoms with Crippen LogP contribution >= 0.6 is 11.8 Å². The fourth-order valence-corrected chi connectivity index (χ4v) is 2.79. The number of thioether (sulfide) groups is 1. The maximum Gasteiger partial charge on any atom is 0.250 e. The van der Waals surface area contributed by atoms with Gasteiger partial charge in [-0.1, -0.05) is 25.1 Å². The molecule has 0 bridgehead atoms. The predicted octanol–water partition coefficient (Wildman–Crippen LogP) is 4.12. The van der Waals surface area contributed by atoms with Crippen molar-refractivity contribution in [3.63, 3.8) is 0 Å². The molecule has 0 saturated carbocycles. The number of amides is 1. The molecular formula is C20H24N2O3S. The summed E-state index contributed by atoms with van der Waals surface area (Å²) in [6.45, 7) is 5.17. The summed E-state index contributed by atoms with van der Waals surface area (Å²) < 4.78 is 11.3. The van der Waals surface area contributed by atoms with E-state index in [1.807, 2.05) is 55.5 Å². The number of rotatable bonds is 10. The first-order valence-electron chi connectivity index (χ1n) is 8.62. The lowest BCUT2D eigenvalue weighted by Crippen LogP contribution is -2.19. The van der Waals surface area contributed by atoms with E-state index in [1.54, 1.807) is 6.21 Å². The van der Waals surface area contributed by atoms with Gasteiger partial charge in [0.05, 0.1) is 25.2 Å². The molecule has 2 rings (SSSR count). The molecule has 0 heterocycles. The molecule has 0 aliphatic heterocycles. The number of carbonyl (C=O) groups is 1. The van der Waals surface area contributed by atoms with Crippen LogP contribution in [0.4, 0.5) is 0 Å². The molecule has 2 aromatic rings. The van der Waals surface area contributed by atoms with Crippen molar-refractivity contribution >= 4 is 23.9 Å². The first kappa shape index (κ1) is 19.8. The highest BCUT2D eigenvalue weighted by molar-refractivity contribution is 8.00. The van der Waals surface area contributed by atoms with E-state index in [0.29, 0.717) is 30.5 Å². The molecule has 0 aliphatic rings. The second kappa shape index (κ2) is 11.2. The molecule has 1 amide bonds. The summed E-state index contributed by atoms with van der Waals surface area (Å²) in [5, 5.41) is 4.01. The predicted molar refractivity (Wildman–Crippen MR) is 106 cm³/mol. The Kier molecular flexibility index (Phi) is 8.55. The van der Waals surface area contributed by atoms with Crippen LogP contribution in [0.1, 0.15) is 25.8 Å². The molecular weight excluding hydrogens is 348 g/mol. The quantitative estimate of drug-likeness (QED) is 0.387. The summed E-state index contributed by atoms with van der Waals surface area (Å²) in [5.41, 5.74) is 3.37. The molecule has 0 aliphatic carbocycles. The number of nitrogens with one attached hydrogen (secondary N) is 1. The van der Waals surface area contributed by atoms with E-state index in [1.165, 1.54) is 11.8 Å². The monoisotopic (exact) mass is 372 g/mol. The SMILES string of the molecule is CCCOc1ccc(/C=N\NC(=O)CSc2ccccc2)cc1OCC. The molecule has 0 aromatic heterocycles.